The number of anilines is 2. The van der Waals surface area contributed by atoms with E-state index >= 15 is 0 Å². The standard InChI is InChI=1S/C22H27N3O.2BrH/c1-14(23)21(26)17-6-5-7-18-20(17)22(2,3)19(25(18)4)13-10-15-8-11-16(24)12-9-15;;/h5-14,19H,23-24H2,1-4H3;2*1H. The third-order valence-corrected chi connectivity index (χ3v) is 5.31. The molecule has 6 heteroatoms. The van der Waals surface area contributed by atoms with Crippen molar-refractivity contribution >= 4 is 57.2 Å². The second kappa shape index (κ2) is 9.25. The van der Waals surface area contributed by atoms with E-state index in [0.717, 1.165) is 28.1 Å². The Hall–Kier alpha value is -1.63. The van der Waals surface area contributed by atoms with Crippen molar-refractivity contribution in [2.24, 2.45) is 5.73 Å². The largest absolute Gasteiger partial charge is 0.399 e. The number of hydrogen-bond acceptors (Lipinski definition) is 4. The Morgan fingerprint density at radius 2 is 1.75 bits per heavy atom. The maximum atomic E-state index is 12.6. The van der Waals surface area contributed by atoms with Crippen molar-refractivity contribution in [3.63, 3.8) is 0 Å². The molecule has 2 aromatic rings. The molecule has 3 rings (SSSR count). The molecule has 0 radical (unpaired) electrons. The van der Waals surface area contributed by atoms with Gasteiger partial charge < -0.3 is 16.4 Å². The Kier molecular flexibility index (Phi) is 8.06. The van der Waals surface area contributed by atoms with E-state index in [4.69, 9.17) is 11.5 Å². The molecule has 0 aromatic heterocycles. The Bertz CT molecular complexity index is 861. The van der Waals surface area contributed by atoms with Crippen LogP contribution in [0.5, 0.6) is 0 Å². The Morgan fingerprint density at radius 1 is 1.14 bits per heavy atom. The van der Waals surface area contributed by atoms with Gasteiger partial charge in [-0.25, -0.2) is 0 Å². The highest BCUT2D eigenvalue weighted by Gasteiger charge is 2.44. The smallest absolute Gasteiger partial charge is 0.179 e. The van der Waals surface area contributed by atoms with Crippen molar-refractivity contribution in [1.82, 2.24) is 0 Å². The summed E-state index contributed by atoms with van der Waals surface area (Å²) in [5.74, 6) is -0.00788. The fraction of sp³-hybridized carbons (Fsp3) is 0.318. The van der Waals surface area contributed by atoms with Crippen LogP contribution in [0.3, 0.4) is 0 Å². The second-order valence-electron chi connectivity index (χ2n) is 7.66. The van der Waals surface area contributed by atoms with Crippen molar-refractivity contribution < 1.29 is 4.79 Å². The van der Waals surface area contributed by atoms with Gasteiger partial charge in [-0.15, -0.1) is 34.0 Å². The molecule has 1 aliphatic rings. The van der Waals surface area contributed by atoms with Crippen LogP contribution in [0.15, 0.2) is 48.5 Å². The van der Waals surface area contributed by atoms with E-state index in [0.29, 0.717) is 0 Å². The van der Waals surface area contributed by atoms with Crippen LogP contribution < -0.4 is 16.4 Å². The number of rotatable bonds is 4. The maximum absolute atomic E-state index is 12.6. The predicted octanol–water partition coefficient (Wildman–Crippen LogP) is 4.76. The molecule has 0 fully saturated rings. The van der Waals surface area contributed by atoms with Crippen molar-refractivity contribution in [2.45, 2.75) is 38.3 Å². The molecule has 2 unspecified atom stereocenters. The number of nitrogens with two attached hydrogens (primary N) is 2. The van der Waals surface area contributed by atoms with E-state index in [9.17, 15) is 4.79 Å². The van der Waals surface area contributed by atoms with Gasteiger partial charge in [0.05, 0.1) is 12.1 Å². The van der Waals surface area contributed by atoms with E-state index in [1.807, 2.05) is 36.4 Å². The van der Waals surface area contributed by atoms with E-state index < -0.39 is 6.04 Å². The van der Waals surface area contributed by atoms with Gasteiger partial charge in [0.25, 0.3) is 0 Å². The van der Waals surface area contributed by atoms with Crippen LogP contribution in [0.2, 0.25) is 0 Å². The van der Waals surface area contributed by atoms with Crippen LogP contribution in [0, 0.1) is 0 Å². The first-order valence-electron chi connectivity index (χ1n) is 8.93. The number of carbonyl (C=O) groups excluding carboxylic acids is 1. The lowest BCUT2D eigenvalue weighted by Gasteiger charge is -2.30. The molecular weight excluding hydrogens is 482 g/mol. The first-order chi connectivity index (χ1) is 12.2. The number of Topliss-reactive ketones (excluding diaryl/α,β-unsaturated/α-hetero) is 1. The first-order valence-corrected chi connectivity index (χ1v) is 8.93. The van der Waals surface area contributed by atoms with Crippen molar-refractivity contribution in [3.8, 4) is 0 Å². The van der Waals surface area contributed by atoms with Crippen LogP contribution in [-0.4, -0.2) is 24.9 Å². The van der Waals surface area contributed by atoms with Crippen LogP contribution in [0.25, 0.3) is 6.08 Å². The van der Waals surface area contributed by atoms with Gasteiger partial charge in [-0.05, 0) is 36.2 Å². The van der Waals surface area contributed by atoms with Crippen LogP contribution in [0.4, 0.5) is 11.4 Å². The topological polar surface area (TPSA) is 72.3 Å². The molecule has 0 aliphatic carbocycles. The fourth-order valence-electron chi connectivity index (χ4n) is 3.92. The zero-order valence-corrected chi connectivity index (χ0v) is 20.1. The molecule has 2 aromatic carbocycles. The van der Waals surface area contributed by atoms with Gasteiger partial charge in [0.1, 0.15) is 0 Å². The van der Waals surface area contributed by atoms with Crippen molar-refractivity contribution in [1.29, 1.82) is 0 Å². The normalized spacial score (nSPS) is 18.2. The lowest BCUT2D eigenvalue weighted by atomic mass is 9.77. The second-order valence-corrected chi connectivity index (χ2v) is 7.66. The molecule has 2 atom stereocenters. The minimum Gasteiger partial charge on any atom is -0.399 e. The predicted molar refractivity (Wildman–Crippen MR) is 130 cm³/mol. The lowest BCUT2D eigenvalue weighted by molar-refractivity contribution is 0.0966. The molecular formula is C22H29Br2N3O. The van der Waals surface area contributed by atoms with Gasteiger partial charge in [-0.1, -0.05) is 50.3 Å². The van der Waals surface area contributed by atoms with E-state index in [-0.39, 0.29) is 51.2 Å². The molecule has 152 valence electrons. The molecule has 4 nitrogen and oxygen atoms in total. The van der Waals surface area contributed by atoms with Gasteiger partial charge in [0.15, 0.2) is 5.78 Å². The summed E-state index contributed by atoms with van der Waals surface area (Å²) in [6, 6.07) is 13.3. The van der Waals surface area contributed by atoms with Crippen LogP contribution in [0.1, 0.15) is 42.3 Å². The third kappa shape index (κ3) is 4.34. The zero-order chi connectivity index (χ0) is 19.1. The summed E-state index contributed by atoms with van der Waals surface area (Å²) in [5.41, 5.74) is 16.2. The zero-order valence-electron chi connectivity index (χ0n) is 16.7. The Balaban J connectivity index is 0.00000196. The van der Waals surface area contributed by atoms with Gasteiger partial charge >= 0.3 is 0 Å². The van der Waals surface area contributed by atoms with Gasteiger partial charge in [-0.2, -0.15) is 0 Å². The molecule has 0 saturated heterocycles. The molecule has 0 spiro atoms. The number of nitrogens with zero attached hydrogens (tertiary/aromatic N) is 1. The maximum Gasteiger partial charge on any atom is 0.179 e. The molecule has 0 saturated carbocycles. The fourth-order valence-corrected chi connectivity index (χ4v) is 3.92. The summed E-state index contributed by atoms with van der Waals surface area (Å²) in [5, 5.41) is 0. The number of fused-ring (bicyclic) bond motifs is 1. The average molecular weight is 511 g/mol. The molecule has 1 heterocycles. The van der Waals surface area contributed by atoms with Crippen molar-refractivity contribution in [3.05, 3.63) is 65.2 Å². The number of ketones is 1. The molecule has 0 bridgehead atoms. The SMILES string of the molecule is Br.Br.CC(N)C(=O)c1cccc2c1C(C)(C)C(C=Cc1ccc(N)cc1)N2C. The quantitative estimate of drug-likeness (QED) is 0.459. The lowest BCUT2D eigenvalue weighted by Crippen LogP contribution is -2.38. The van der Waals surface area contributed by atoms with Gasteiger partial charge in [0.2, 0.25) is 0 Å². The summed E-state index contributed by atoms with van der Waals surface area (Å²) >= 11 is 0. The number of carbonyl (C=O) groups is 1. The molecule has 1 aliphatic heterocycles. The number of halogens is 2. The number of nitrogen functional groups attached to an aromatic ring is 1. The van der Waals surface area contributed by atoms with Crippen LogP contribution in [-0.2, 0) is 5.41 Å². The highest BCUT2D eigenvalue weighted by atomic mass is 79.9. The minimum atomic E-state index is -0.507. The summed E-state index contributed by atoms with van der Waals surface area (Å²) < 4.78 is 0. The van der Waals surface area contributed by atoms with E-state index in [1.165, 1.54) is 0 Å². The minimum absolute atomic E-state index is 0. The number of benzene rings is 2. The monoisotopic (exact) mass is 509 g/mol. The third-order valence-electron chi connectivity index (χ3n) is 5.31. The van der Waals surface area contributed by atoms with Crippen LogP contribution >= 0.6 is 34.0 Å². The summed E-state index contributed by atoms with van der Waals surface area (Å²) in [4.78, 5) is 14.9. The summed E-state index contributed by atoms with van der Waals surface area (Å²) in [6.45, 7) is 6.11. The highest BCUT2D eigenvalue weighted by molar-refractivity contribution is 8.93. The number of hydrogen-bond donors (Lipinski definition) is 2. The Labute approximate surface area is 188 Å². The first kappa shape index (κ1) is 24.4. The molecule has 0 amide bonds. The van der Waals surface area contributed by atoms with Gasteiger partial charge in [-0.3, -0.25) is 4.79 Å². The average Bonchev–Trinajstić information content (AvgIpc) is 2.80. The highest BCUT2D eigenvalue weighted by Crippen LogP contribution is 2.47. The summed E-state index contributed by atoms with van der Waals surface area (Å²) in [6.07, 6.45) is 4.31. The summed E-state index contributed by atoms with van der Waals surface area (Å²) in [7, 11) is 2.08. The van der Waals surface area contributed by atoms with Crippen molar-refractivity contribution in [2.75, 3.05) is 17.7 Å². The molecule has 28 heavy (non-hydrogen) atoms. The van der Waals surface area contributed by atoms with E-state index in [2.05, 4.69) is 44.0 Å². The Morgan fingerprint density at radius 3 is 2.32 bits per heavy atom. The van der Waals surface area contributed by atoms with E-state index in [1.54, 1.807) is 6.92 Å². The van der Waals surface area contributed by atoms with Gasteiger partial charge in [0, 0.05) is 29.4 Å². The number of likely N-dealkylation sites (N-methyl/N-ethyl adjacent to an activating group) is 1. The molecule has 4 N–H and O–H groups in total.